The molecule has 0 atom stereocenters. The van der Waals surface area contributed by atoms with Gasteiger partial charge in [0.2, 0.25) is 0 Å². The second-order valence-electron chi connectivity index (χ2n) is 4.11. The van der Waals surface area contributed by atoms with Crippen molar-refractivity contribution in [2.24, 2.45) is 0 Å². The zero-order chi connectivity index (χ0) is 12.7. The lowest BCUT2D eigenvalue weighted by molar-refractivity contribution is 0.868. The van der Waals surface area contributed by atoms with E-state index in [-0.39, 0.29) is 0 Å². The minimum atomic E-state index is 0.649. The van der Waals surface area contributed by atoms with Crippen molar-refractivity contribution in [3.63, 3.8) is 0 Å². The molecule has 0 radical (unpaired) electrons. The molecule has 2 N–H and O–H groups in total. The van der Waals surface area contributed by atoms with Gasteiger partial charge in [0.15, 0.2) is 0 Å². The van der Waals surface area contributed by atoms with Gasteiger partial charge in [0.05, 0.1) is 21.9 Å². The minimum absolute atomic E-state index is 0.649. The number of benzene rings is 1. The first-order valence-corrected chi connectivity index (χ1v) is 5.89. The van der Waals surface area contributed by atoms with Crippen LogP contribution in [0.15, 0.2) is 36.7 Å². The van der Waals surface area contributed by atoms with Gasteiger partial charge >= 0.3 is 0 Å². The summed E-state index contributed by atoms with van der Waals surface area (Å²) < 4.78 is 1.76. The molecule has 0 aliphatic rings. The van der Waals surface area contributed by atoms with Crippen LogP contribution in [-0.2, 0) is 0 Å². The zero-order valence-electron chi connectivity index (χ0n) is 9.76. The van der Waals surface area contributed by atoms with E-state index >= 15 is 0 Å². The minimum Gasteiger partial charge on any atom is -0.399 e. The van der Waals surface area contributed by atoms with Gasteiger partial charge in [-0.3, -0.25) is 4.98 Å². The standard InChI is InChI=1S/C13H11ClN4/c1-8-11(14)7-18(17-8)13-4-5-16-12-6-9(15)2-3-10(12)13/h2-7H,15H2,1H3. The topological polar surface area (TPSA) is 56.7 Å². The molecule has 4 nitrogen and oxygen atoms in total. The second kappa shape index (κ2) is 3.99. The molecule has 5 heteroatoms. The van der Waals surface area contributed by atoms with E-state index in [1.54, 1.807) is 17.1 Å². The van der Waals surface area contributed by atoms with Crippen LogP contribution >= 0.6 is 11.6 Å². The van der Waals surface area contributed by atoms with E-state index in [0.717, 1.165) is 22.3 Å². The number of nitrogen functional groups attached to an aromatic ring is 1. The third-order valence-electron chi connectivity index (χ3n) is 2.83. The Balaban J connectivity index is 2.29. The van der Waals surface area contributed by atoms with Crippen molar-refractivity contribution in [3.05, 3.63) is 47.4 Å². The second-order valence-corrected chi connectivity index (χ2v) is 4.52. The Labute approximate surface area is 109 Å². The monoisotopic (exact) mass is 258 g/mol. The average molecular weight is 259 g/mol. The predicted molar refractivity (Wildman–Crippen MR) is 73.0 cm³/mol. The molecule has 0 fully saturated rings. The van der Waals surface area contributed by atoms with Gasteiger partial charge < -0.3 is 5.73 Å². The van der Waals surface area contributed by atoms with Crippen molar-refractivity contribution in [3.8, 4) is 5.69 Å². The van der Waals surface area contributed by atoms with Crippen LogP contribution in [0.2, 0.25) is 5.02 Å². The quantitative estimate of drug-likeness (QED) is 0.683. The fraction of sp³-hybridized carbons (Fsp3) is 0.0769. The molecule has 1 aromatic carbocycles. The molecule has 0 aliphatic heterocycles. The normalized spacial score (nSPS) is 11.0. The van der Waals surface area contributed by atoms with Crippen molar-refractivity contribution in [2.75, 3.05) is 5.73 Å². The Hall–Kier alpha value is -2.07. The van der Waals surface area contributed by atoms with E-state index in [1.165, 1.54) is 0 Å². The molecule has 18 heavy (non-hydrogen) atoms. The number of halogens is 1. The summed E-state index contributed by atoms with van der Waals surface area (Å²) in [6, 6.07) is 7.54. The summed E-state index contributed by atoms with van der Waals surface area (Å²) in [6.45, 7) is 1.88. The highest BCUT2D eigenvalue weighted by Gasteiger charge is 2.08. The molecule has 0 bridgehead atoms. The molecule has 0 amide bonds. The smallest absolute Gasteiger partial charge is 0.0819 e. The lowest BCUT2D eigenvalue weighted by Crippen LogP contribution is -1.97. The number of fused-ring (bicyclic) bond motifs is 1. The van der Waals surface area contributed by atoms with Crippen molar-refractivity contribution < 1.29 is 0 Å². The van der Waals surface area contributed by atoms with Gasteiger partial charge in [-0.1, -0.05) is 11.6 Å². The van der Waals surface area contributed by atoms with Gasteiger partial charge in [-0.2, -0.15) is 5.10 Å². The van der Waals surface area contributed by atoms with Crippen molar-refractivity contribution in [2.45, 2.75) is 6.92 Å². The van der Waals surface area contributed by atoms with Crippen LogP contribution in [0.4, 0.5) is 5.69 Å². The number of rotatable bonds is 1. The summed E-state index contributed by atoms with van der Waals surface area (Å²) in [4.78, 5) is 4.30. The third kappa shape index (κ3) is 1.71. The van der Waals surface area contributed by atoms with Crippen LogP contribution in [0.1, 0.15) is 5.69 Å². The maximum atomic E-state index is 6.04. The summed E-state index contributed by atoms with van der Waals surface area (Å²) in [6.07, 6.45) is 3.53. The molecule has 0 saturated carbocycles. The predicted octanol–water partition coefficient (Wildman–Crippen LogP) is 2.96. The number of hydrogen-bond donors (Lipinski definition) is 1. The van der Waals surface area contributed by atoms with E-state index in [0.29, 0.717) is 10.7 Å². The first kappa shape index (κ1) is 11.0. The molecule has 0 saturated heterocycles. The lowest BCUT2D eigenvalue weighted by Gasteiger charge is -2.06. The van der Waals surface area contributed by atoms with E-state index < -0.39 is 0 Å². The van der Waals surface area contributed by atoms with Crippen LogP contribution in [-0.4, -0.2) is 14.8 Å². The van der Waals surface area contributed by atoms with Gasteiger partial charge in [0, 0.05) is 23.5 Å². The SMILES string of the molecule is Cc1nn(-c2ccnc3cc(N)ccc23)cc1Cl. The van der Waals surface area contributed by atoms with E-state index in [9.17, 15) is 0 Å². The van der Waals surface area contributed by atoms with Crippen LogP contribution in [0.5, 0.6) is 0 Å². The molecule has 0 aliphatic carbocycles. The summed E-state index contributed by atoms with van der Waals surface area (Å²) in [7, 11) is 0. The van der Waals surface area contributed by atoms with Gasteiger partial charge in [-0.05, 0) is 31.2 Å². The fourth-order valence-corrected chi connectivity index (χ4v) is 2.04. The number of anilines is 1. The van der Waals surface area contributed by atoms with E-state index in [2.05, 4.69) is 10.1 Å². The number of nitrogens with two attached hydrogens (primary N) is 1. The van der Waals surface area contributed by atoms with Gasteiger partial charge in [0.25, 0.3) is 0 Å². The number of nitrogens with zero attached hydrogens (tertiary/aromatic N) is 3. The van der Waals surface area contributed by atoms with Crippen LogP contribution in [0, 0.1) is 6.92 Å². The Kier molecular flexibility index (Phi) is 2.45. The van der Waals surface area contributed by atoms with Crippen molar-refractivity contribution in [1.29, 1.82) is 0 Å². The summed E-state index contributed by atoms with van der Waals surface area (Å²) >= 11 is 6.04. The molecule has 2 heterocycles. The van der Waals surface area contributed by atoms with Crippen molar-refractivity contribution >= 4 is 28.2 Å². The largest absolute Gasteiger partial charge is 0.399 e. The highest BCUT2D eigenvalue weighted by molar-refractivity contribution is 6.31. The van der Waals surface area contributed by atoms with Gasteiger partial charge in [0.1, 0.15) is 0 Å². The summed E-state index contributed by atoms with van der Waals surface area (Å²) in [5.41, 5.74) is 9.04. The number of aromatic nitrogens is 3. The van der Waals surface area contributed by atoms with E-state index in [1.807, 2.05) is 31.2 Å². The first-order valence-electron chi connectivity index (χ1n) is 5.51. The molecule has 0 spiro atoms. The maximum absolute atomic E-state index is 6.04. The number of hydrogen-bond acceptors (Lipinski definition) is 3. The molecular weight excluding hydrogens is 248 g/mol. The Bertz CT molecular complexity index is 713. The van der Waals surface area contributed by atoms with E-state index in [4.69, 9.17) is 17.3 Å². The zero-order valence-corrected chi connectivity index (χ0v) is 10.5. The Morgan fingerprint density at radius 2 is 2.11 bits per heavy atom. The summed E-state index contributed by atoms with van der Waals surface area (Å²) in [5.74, 6) is 0. The van der Waals surface area contributed by atoms with Crippen LogP contribution < -0.4 is 5.73 Å². The van der Waals surface area contributed by atoms with Gasteiger partial charge in [-0.25, -0.2) is 4.68 Å². The number of pyridine rings is 1. The van der Waals surface area contributed by atoms with Gasteiger partial charge in [-0.15, -0.1) is 0 Å². The molecule has 3 rings (SSSR count). The Morgan fingerprint density at radius 1 is 1.28 bits per heavy atom. The average Bonchev–Trinajstić information content (AvgIpc) is 2.68. The Morgan fingerprint density at radius 3 is 2.83 bits per heavy atom. The highest BCUT2D eigenvalue weighted by Crippen LogP contribution is 2.24. The fourth-order valence-electron chi connectivity index (χ4n) is 1.91. The molecule has 2 aromatic heterocycles. The third-order valence-corrected chi connectivity index (χ3v) is 3.20. The van der Waals surface area contributed by atoms with Crippen molar-refractivity contribution in [1.82, 2.24) is 14.8 Å². The molecule has 0 unspecified atom stereocenters. The molecule has 90 valence electrons. The number of aryl methyl sites for hydroxylation is 1. The molecular formula is C13H11ClN4. The summed E-state index contributed by atoms with van der Waals surface area (Å²) in [5, 5.41) is 6.02. The molecule has 3 aromatic rings. The first-order chi connectivity index (χ1) is 8.65. The highest BCUT2D eigenvalue weighted by atomic mass is 35.5. The van der Waals surface area contributed by atoms with Crippen LogP contribution in [0.25, 0.3) is 16.6 Å². The van der Waals surface area contributed by atoms with Crippen LogP contribution in [0.3, 0.4) is 0 Å². The lowest BCUT2D eigenvalue weighted by atomic mass is 10.1. The maximum Gasteiger partial charge on any atom is 0.0819 e.